The zero-order valence-corrected chi connectivity index (χ0v) is 18.7. The molecule has 36 heavy (non-hydrogen) atoms. The third kappa shape index (κ3) is 10.6. The van der Waals surface area contributed by atoms with E-state index >= 15 is 0 Å². The summed E-state index contributed by atoms with van der Waals surface area (Å²) in [5, 5.41) is 42.1. The van der Waals surface area contributed by atoms with Crippen molar-refractivity contribution in [3.63, 3.8) is 0 Å². The summed E-state index contributed by atoms with van der Waals surface area (Å²) >= 11 is 0. The van der Waals surface area contributed by atoms with Crippen LogP contribution in [0, 0.1) is 0 Å². The second kappa shape index (κ2) is 14.0. The quantitative estimate of drug-likeness (QED) is 0.122. The maximum Gasteiger partial charge on any atom is 0.326 e. The molecule has 3 amide bonds. The van der Waals surface area contributed by atoms with Crippen LogP contribution in [-0.4, -0.2) is 86.2 Å². The van der Waals surface area contributed by atoms with E-state index in [2.05, 4.69) is 10.6 Å². The van der Waals surface area contributed by atoms with Gasteiger partial charge in [-0.05, 0) is 5.56 Å². The monoisotopic (exact) mass is 510 g/mol. The summed E-state index contributed by atoms with van der Waals surface area (Å²) in [6, 6.07) is 1.48. The predicted octanol–water partition coefficient (Wildman–Crippen LogP) is -2.48. The lowest BCUT2D eigenvalue weighted by molar-refractivity contribution is -0.148. The fourth-order valence-electron chi connectivity index (χ4n) is 2.92. The van der Waals surface area contributed by atoms with E-state index in [1.54, 1.807) is 30.3 Å². The summed E-state index contributed by atoms with van der Waals surface area (Å²) < 4.78 is 0. The summed E-state index contributed by atoms with van der Waals surface area (Å²) in [4.78, 5) is 82.0. The largest absolute Gasteiger partial charge is 0.481 e. The number of rotatable bonds is 15. The van der Waals surface area contributed by atoms with Gasteiger partial charge in [-0.3, -0.25) is 28.8 Å². The molecule has 0 bridgehead atoms. The fraction of sp³-hybridized carbons (Fsp3) is 0.381. The molecule has 0 aromatic heterocycles. The van der Waals surface area contributed by atoms with E-state index in [9.17, 15) is 33.6 Å². The van der Waals surface area contributed by atoms with E-state index in [1.165, 1.54) is 0 Å². The maximum atomic E-state index is 13.0. The van der Waals surface area contributed by atoms with Crippen molar-refractivity contribution in [3.05, 3.63) is 35.9 Å². The first-order chi connectivity index (χ1) is 16.8. The Hall–Kier alpha value is -4.53. The molecular formula is C21H26N4O11. The molecule has 15 nitrogen and oxygen atoms in total. The highest BCUT2D eigenvalue weighted by molar-refractivity contribution is 5.96. The van der Waals surface area contributed by atoms with Gasteiger partial charge >= 0.3 is 23.9 Å². The Kier molecular flexibility index (Phi) is 11.5. The van der Waals surface area contributed by atoms with Crippen LogP contribution in [0.5, 0.6) is 0 Å². The van der Waals surface area contributed by atoms with E-state index in [4.69, 9.17) is 26.2 Å². The highest BCUT2D eigenvalue weighted by atomic mass is 16.4. The zero-order chi connectivity index (χ0) is 27.4. The average Bonchev–Trinajstić information content (AvgIpc) is 2.77. The van der Waals surface area contributed by atoms with Crippen LogP contribution >= 0.6 is 0 Å². The van der Waals surface area contributed by atoms with Gasteiger partial charge in [-0.1, -0.05) is 30.3 Å². The average molecular weight is 510 g/mol. The number of carboxylic acids is 4. The first-order valence-corrected chi connectivity index (χ1v) is 10.4. The number of carboxylic acid groups (broad SMARTS) is 4. The van der Waals surface area contributed by atoms with Crippen LogP contribution in [0.4, 0.5) is 0 Å². The Morgan fingerprint density at radius 2 is 1.08 bits per heavy atom. The van der Waals surface area contributed by atoms with Crippen molar-refractivity contribution in [1.29, 1.82) is 0 Å². The predicted molar refractivity (Wildman–Crippen MR) is 118 cm³/mol. The molecule has 1 aromatic carbocycles. The summed E-state index contributed by atoms with van der Waals surface area (Å²) in [6.07, 6.45) is -2.91. The van der Waals surface area contributed by atoms with E-state index in [-0.39, 0.29) is 6.42 Å². The summed E-state index contributed by atoms with van der Waals surface area (Å²) in [5.74, 6) is -9.51. The molecule has 0 saturated carbocycles. The molecule has 1 aromatic rings. The molecule has 1 rings (SSSR count). The second-order valence-corrected chi connectivity index (χ2v) is 7.61. The molecule has 196 valence electrons. The molecule has 9 N–H and O–H groups in total. The number of nitrogens with two attached hydrogens (primary N) is 1. The number of hydrogen-bond acceptors (Lipinski definition) is 8. The number of nitrogens with one attached hydrogen (secondary N) is 3. The summed E-state index contributed by atoms with van der Waals surface area (Å²) in [5.41, 5.74) is 6.07. The van der Waals surface area contributed by atoms with Gasteiger partial charge in [0.25, 0.3) is 0 Å². The fourth-order valence-corrected chi connectivity index (χ4v) is 2.92. The van der Waals surface area contributed by atoms with Crippen molar-refractivity contribution >= 4 is 41.6 Å². The van der Waals surface area contributed by atoms with Gasteiger partial charge in [-0.2, -0.15) is 0 Å². The first kappa shape index (κ1) is 29.5. The van der Waals surface area contributed by atoms with Crippen LogP contribution in [0.25, 0.3) is 0 Å². The van der Waals surface area contributed by atoms with Gasteiger partial charge in [0.15, 0.2) is 0 Å². The molecule has 0 saturated heterocycles. The van der Waals surface area contributed by atoms with Gasteiger partial charge in [0, 0.05) is 6.42 Å². The van der Waals surface area contributed by atoms with Crippen LogP contribution in [0.2, 0.25) is 0 Å². The van der Waals surface area contributed by atoms with Crippen molar-refractivity contribution in [2.24, 2.45) is 5.73 Å². The molecule has 0 fully saturated rings. The van der Waals surface area contributed by atoms with Crippen LogP contribution < -0.4 is 21.7 Å². The van der Waals surface area contributed by atoms with Gasteiger partial charge in [-0.15, -0.1) is 0 Å². The van der Waals surface area contributed by atoms with E-state index in [0.29, 0.717) is 5.56 Å². The van der Waals surface area contributed by atoms with Crippen LogP contribution in [0.15, 0.2) is 30.3 Å². The standard InChI is InChI=1S/C21H26N4O11/c22-11(7-15(26)27)18(32)23-12(6-10-4-2-1-3-5-10)19(33)24-13(8-16(28)29)20(34)25-14(21(35)36)9-17(30)31/h1-5,11-14H,6-9,22H2,(H,23,32)(H,24,33)(H,25,34)(H,26,27)(H,28,29)(H,30,31)(H,35,36). The van der Waals surface area contributed by atoms with E-state index in [0.717, 1.165) is 0 Å². The number of carbonyl (C=O) groups excluding carboxylic acids is 3. The van der Waals surface area contributed by atoms with Crippen molar-refractivity contribution < 1.29 is 54.0 Å². The molecule has 0 radical (unpaired) electrons. The van der Waals surface area contributed by atoms with E-state index in [1.807, 2.05) is 5.32 Å². The van der Waals surface area contributed by atoms with Gasteiger partial charge in [0.2, 0.25) is 17.7 Å². The van der Waals surface area contributed by atoms with Gasteiger partial charge in [-0.25, -0.2) is 4.79 Å². The third-order valence-corrected chi connectivity index (χ3v) is 4.65. The van der Waals surface area contributed by atoms with Crippen molar-refractivity contribution in [1.82, 2.24) is 16.0 Å². The Balaban J connectivity index is 3.13. The second-order valence-electron chi connectivity index (χ2n) is 7.61. The zero-order valence-electron chi connectivity index (χ0n) is 18.7. The Labute approximate surface area is 203 Å². The lowest BCUT2D eigenvalue weighted by atomic mass is 10.0. The van der Waals surface area contributed by atoms with Crippen molar-refractivity contribution in [3.8, 4) is 0 Å². The van der Waals surface area contributed by atoms with E-state index < -0.39 is 85.0 Å². The van der Waals surface area contributed by atoms with Crippen molar-refractivity contribution in [2.45, 2.75) is 49.9 Å². The minimum Gasteiger partial charge on any atom is -0.481 e. The summed E-state index contributed by atoms with van der Waals surface area (Å²) in [6.45, 7) is 0. The molecule has 4 unspecified atom stereocenters. The van der Waals surface area contributed by atoms with Gasteiger partial charge in [0.05, 0.1) is 25.3 Å². The van der Waals surface area contributed by atoms with Crippen LogP contribution in [0.3, 0.4) is 0 Å². The molecule has 0 aliphatic heterocycles. The molecule has 0 aliphatic carbocycles. The lowest BCUT2D eigenvalue weighted by Gasteiger charge is -2.24. The Bertz CT molecular complexity index is 999. The molecule has 0 heterocycles. The smallest absolute Gasteiger partial charge is 0.326 e. The number of carbonyl (C=O) groups is 7. The molecule has 4 atom stereocenters. The summed E-state index contributed by atoms with van der Waals surface area (Å²) in [7, 11) is 0. The van der Waals surface area contributed by atoms with Gasteiger partial charge < -0.3 is 42.1 Å². The minimum atomic E-state index is -1.91. The number of amides is 3. The highest BCUT2D eigenvalue weighted by Crippen LogP contribution is 2.06. The highest BCUT2D eigenvalue weighted by Gasteiger charge is 2.32. The third-order valence-electron chi connectivity index (χ3n) is 4.65. The normalized spacial score (nSPS) is 13.8. The first-order valence-electron chi connectivity index (χ1n) is 10.4. The number of hydrogen-bond donors (Lipinski definition) is 8. The van der Waals surface area contributed by atoms with Crippen molar-refractivity contribution in [2.75, 3.05) is 0 Å². The minimum absolute atomic E-state index is 0.156. The Morgan fingerprint density at radius 1 is 0.639 bits per heavy atom. The molecule has 15 heteroatoms. The molecule has 0 spiro atoms. The van der Waals surface area contributed by atoms with Gasteiger partial charge in [0.1, 0.15) is 18.1 Å². The number of aliphatic carboxylic acids is 4. The van der Waals surface area contributed by atoms with Crippen LogP contribution in [0.1, 0.15) is 24.8 Å². The topological polar surface area (TPSA) is 263 Å². The van der Waals surface area contributed by atoms with Crippen LogP contribution in [-0.2, 0) is 40.0 Å². The number of benzene rings is 1. The maximum absolute atomic E-state index is 13.0. The SMILES string of the molecule is NC(CC(=O)O)C(=O)NC(Cc1ccccc1)C(=O)NC(CC(=O)O)C(=O)NC(CC(=O)O)C(=O)O. The Morgan fingerprint density at radius 3 is 1.58 bits per heavy atom. The lowest BCUT2D eigenvalue weighted by Crippen LogP contribution is -2.58. The molecular weight excluding hydrogens is 484 g/mol. The molecule has 0 aliphatic rings.